The number of carboxylic acid groups (broad SMARTS) is 1. The molecule has 12 heavy (non-hydrogen) atoms. The lowest BCUT2D eigenvalue weighted by Crippen LogP contribution is -2.49. The first-order valence-corrected chi connectivity index (χ1v) is 4.58. The van der Waals surface area contributed by atoms with Crippen LogP contribution in [0.4, 0.5) is 0 Å². The molecule has 1 unspecified atom stereocenters. The Morgan fingerprint density at radius 3 is 2.42 bits per heavy atom. The molecule has 1 amide bonds. The van der Waals surface area contributed by atoms with Crippen LogP contribution in [0.15, 0.2) is 0 Å². The number of carboxylic acids is 1. The highest BCUT2D eigenvalue weighted by molar-refractivity contribution is 8.00. The van der Waals surface area contributed by atoms with Crippen molar-refractivity contribution in [3.05, 3.63) is 0 Å². The molecular weight excluding hydrogens is 178 g/mol. The number of aliphatic carboxylic acids is 1. The van der Waals surface area contributed by atoms with Gasteiger partial charge >= 0.3 is 12.4 Å². The third kappa shape index (κ3) is 2.73. The highest BCUT2D eigenvalue weighted by Gasteiger charge is 2.34. The first-order valence-electron chi connectivity index (χ1n) is 3.36. The summed E-state index contributed by atoms with van der Waals surface area (Å²) < 4.78 is -0.525. The molecule has 1 atom stereocenters. The van der Waals surface area contributed by atoms with Gasteiger partial charge in [0, 0.05) is 4.75 Å². The van der Waals surface area contributed by atoms with Crippen LogP contribution >= 0.6 is 11.8 Å². The highest BCUT2D eigenvalue weighted by atomic mass is 32.2. The minimum absolute atomic E-state index is 0.525. The van der Waals surface area contributed by atoms with E-state index in [2.05, 4.69) is 5.32 Å². The van der Waals surface area contributed by atoms with Crippen molar-refractivity contribution in [3.63, 3.8) is 0 Å². The van der Waals surface area contributed by atoms with Gasteiger partial charge in [0.25, 0.3) is 0 Å². The SMILES string of the molecule is CSC(C)(C)C(N[C]=O)C(=O)O. The van der Waals surface area contributed by atoms with Crippen molar-refractivity contribution in [3.8, 4) is 0 Å². The Bertz CT molecular complexity index is 181. The maximum atomic E-state index is 10.6. The second kappa shape index (κ2) is 4.35. The fourth-order valence-corrected chi connectivity index (χ4v) is 1.11. The van der Waals surface area contributed by atoms with Gasteiger partial charge < -0.3 is 10.4 Å². The second-order valence-corrected chi connectivity index (χ2v) is 4.29. The Balaban J connectivity index is 4.48. The Morgan fingerprint density at radius 1 is 1.67 bits per heavy atom. The number of rotatable bonds is 5. The number of hydrogen-bond acceptors (Lipinski definition) is 3. The predicted molar refractivity (Wildman–Crippen MR) is 47.8 cm³/mol. The molecule has 0 aromatic heterocycles. The van der Waals surface area contributed by atoms with E-state index in [1.165, 1.54) is 18.2 Å². The third-order valence-corrected chi connectivity index (χ3v) is 2.96. The normalized spacial score (nSPS) is 13.6. The van der Waals surface area contributed by atoms with Crippen LogP contribution in [0, 0.1) is 0 Å². The lowest BCUT2D eigenvalue weighted by atomic mass is 10.0. The van der Waals surface area contributed by atoms with Crippen LogP contribution in [0.3, 0.4) is 0 Å². The summed E-state index contributed by atoms with van der Waals surface area (Å²) in [6, 6.07) is -0.898. The largest absolute Gasteiger partial charge is 0.480 e. The highest BCUT2D eigenvalue weighted by Crippen LogP contribution is 2.25. The first-order chi connectivity index (χ1) is 5.45. The first kappa shape index (κ1) is 11.3. The molecule has 0 aliphatic carbocycles. The Kier molecular flexibility index (Phi) is 4.09. The summed E-state index contributed by atoms with van der Waals surface area (Å²) in [4.78, 5) is 20.6. The summed E-state index contributed by atoms with van der Waals surface area (Å²) in [5, 5.41) is 10.9. The molecule has 69 valence electrons. The van der Waals surface area contributed by atoms with Gasteiger partial charge in [-0.15, -0.1) is 0 Å². The van der Waals surface area contributed by atoms with E-state index in [1.807, 2.05) is 0 Å². The van der Waals surface area contributed by atoms with E-state index in [0.717, 1.165) is 0 Å². The van der Waals surface area contributed by atoms with Gasteiger partial charge in [-0.1, -0.05) is 0 Å². The minimum Gasteiger partial charge on any atom is -0.480 e. The molecule has 0 aromatic rings. The van der Waals surface area contributed by atoms with Crippen LogP contribution in [0.2, 0.25) is 0 Å². The van der Waals surface area contributed by atoms with Gasteiger partial charge in [0.1, 0.15) is 6.04 Å². The average molecular weight is 190 g/mol. The van der Waals surface area contributed by atoms with Gasteiger partial charge in [-0.25, -0.2) is 4.79 Å². The quantitative estimate of drug-likeness (QED) is 0.609. The van der Waals surface area contributed by atoms with Crippen molar-refractivity contribution in [2.24, 2.45) is 0 Å². The molecule has 0 spiro atoms. The summed E-state index contributed by atoms with van der Waals surface area (Å²) >= 11 is 1.38. The molecule has 0 aromatic carbocycles. The van der Waals surface area contributed by atoms with E-state index in [1.54, 1.807) is 20.1 Å². The zero-order valence-corrected chi connectivity index (χ0v) is 8.07. The Hall–Kier alpha value is -0.710. The monoisotopic (exact) mass is 190 g/mol. The van der Waals surface area contributed by atoms with Crippen molar-refractivity contribution in [1.82, 2.24) is 5.32 Å². The summed E-state index contributed by atoms with van der Waals surface area (Å²) in [5.74, 6) is -1.04. The second-order valence-electron chi connectivity index (χ2n) is 2.83. The lowest BCUT2D eigenvalue weighted by molar-refractivity contribution is -0.139. The number of carbonyl (C=O) groups excluding carboxylic acids is 1. The molecule has 2 N–H and O–H groups in total. The van der Waals surface area contributed by atoms with E-state index < -0.39 is 16.8 Å². The molecule has 0 aliphatic rings. The number of hydrogen-bond donors (Lipinski definition) is 2. The van der Waals surface area contributed by atoms with Crippen LogP contribution in [-0.4, -0.2) is 34.5 Å². The summed E-state index contributed by atoms with van der Waals surface area (Å²) in [5.41, 5.74) is 0. The number of amides is 1. The van der Waals surface area contributed by atoms with Gasteiger partial charge in [-0.05, 0) is 20.1 Å². The molecule has 0 bridgehead atoms. The topological polar surface area (TPSA) is 66.4 Å². The van der Waals surface area contributed by atoms with Crippen molar-refractivity contribution >= 4 is 24.1 Å². The van der Waals surface area contributed by atoms with Gasteiger partial charge in [0.15, 0.2) is 0 Å². The Morgan fingerprint density at radius 2 is 2.17 bits per heavy atom. The standard InChI is InChI=1S/C7H12NO3S/c1-7(2,12-3)5(6(10)11)8-4-9/h5H,1-3H3,(H,8,9)(H,10,11). The van der Waals surface area contributed by atoms with Crippen molar-refractivity contribution in [2.75, 3.05) is 6.26 Å². The molecule has 0 heterocycles. The van der Waals surface area contributed by atoms with Crippen molar-refractivity contribution in [1.29, 1.82) is 0 Å². The average Bonchev–Trinajstić information content (AvgIpc) is 1.99. The van der Waals surface area contributed by atoms with E-state index in [-0.39, 0.29) is 0 Å². The van der Waals surface area contributed by atoms with E-state index in [0.29, 0.717) is 0 Å². The number of carbonyl (C=O) groups is 1. The van der Waals surface area contributed by atoms with E-state index in [4.69, 9.17) is 5.11 Å². The summed E-state index contributed by atoms with van der Waals surface area (Å²) in [6.45, 7) is 3.50. The summed E-state index contributed by atoms with van der Waals surface area (Å²) in [7, 11) is 0. The van der Waals surface area contributed by atoms with Crippen molar-refractivity contribution in [2.45, 2.75) is 24.6 Å². The molecule has 5 heteroatoms. The van der Waals surface area contributed by atoms with Gasteiger partial charge in [0.2, 0.25) is 0 Å². The van der Waals surface area contributed by atoms with Crippen LogP contribution in [-0.2, 0) is 9.59 Å². The molecule has 0 saturated carbocycles. The fraction of sp³-hybridized carbons (Fsp3) is 0.714. The van der Waals surface area contributed by atoms with Crippen LogP contribution in [0.25, 0.3) is 0 Å². The zero-order valence-electron chi connectivity index (χ0n) is 7.25. The summed E-state index contributed by atoms with van der Waals surface area (Å²) in [6.07, 6.45) is 3.19. The van der Waals surface area contributed by atoms with Crippen molar-refractivity contribution < 1.29 is 14.7 Å². The van der Waals surface area contributed by atoms with Crippen LogP contribution in [0.1, 0.15) is 13.8 Å². The molecule has 4 nitrogen and oxygen atoms in total. The molecule has 0 saturated heterocycles. The number of thioether (sulfide) groups is 1. The van der Waals surface area contributed by atoms with Crippen LogP contribution < -0.4 is 5.32 Å². The molecular formula is C7H12NO3S. The van der Waals surface area contributed by atoms with Gasteiger partial charge in [-0.2, -0.15) is 11.8 Å². The van der Waals surface area contributed by atoms with Gasteiger partial charge in [-0.3, -0.25) is 4.79 Å². The zero-order chi connectivity index (χ0) is 9.78. The minimum atomic E-state index is -1.04. The molecule has 0 aliphatic heterocycles. The molecule has 0 rings (SSSR count). The maximum absolute atomic E-state index is 10.6. The fourth-order valence-electron chi connectivity index (χ4n) is 0.710. The van der Waals surface area contributed by atoms with E-state index >= 15 is 0 Å². The smallest absolute Gasteiger partial charge is 0.327 e. The molecule has 0 fully saturated rings. The predicted octanol–water partition coefficient (Wildman–Crippen LogP) is 0.238. The van der Waals surface area contributed by atoms with Crippen LogP contribution in [0.5, 0.6) is 0 Å². The Labute approximate surface area is 75.7 Å². The van der Waals surface area contributed by atoms with Gasteiger partial charge in [0.05, 0.1) is 0 Å². The third-order valence-electron chi connectivity index (χ3n) is 1.67. The maximum Gasteiger partial charge on any atom is 0.327 e. The number of nitrogens with one attached hydrogen (secondary N) is 1. The van der Waals surface area contributed by atoms with E-state index in [9.17, 15) is 9.59 Å². The lowest BCUT2D eigenvalue weighted by Gasteiger charge is -2.28. The molecule has 1 radical (unpaired) electrons.